The molecule has 0 spiro atoms. The first kappa shape index (κ1) is 13.9. The molecule has 0 bridgehead atoms. The molecule has 7 heteroatoms. The van der Waals surface area contributed by atoms with Crippen LogP contribution in [0.5, 0.6) is 0 Å². The largest absolute Gasteiger partial charge is 0.382 e. The van der Waals surface area contributed by atoms with Crippen LogP contribution in [-0.4, -0.2) is 26.9 Å². The Labute approximate surface area is 127 Å². The molecule has 0 saturated heterocycles. The fraction of sp³-hybridized carbons (Fsp3) is 0.357. The van der Waals surface area contributed by atoms with Gasteiger partial charge in [0.05, 0.1) is 10.7 Å². The van der Waals surface area contributed by atoms with Crippen LogP contribution < -0.4 is 11.1 Å². The molecule has 2 aromatic rings. The molecule has 1 fully saturated rings. The van der Waals surface area contributed by atoms with Crippen LogP contribution in [0.3, 0.4) is 0 Å². The smallest absolute Gasteiger partial charge is 0.275 e. The van der Waals surface area contributed by atoms with Crippen LogP contribution in [0.15, 0.2) is 24.3 Å². The first-order chi connectivity index (χ1) is 10.2. The normalized spacial score (nSPS) is 15.3. The average Bonchev–Trinajstić information content (AvgIpc) is 3.09. The Bertz CT molecular complexity index is 663. The summed E-state index contributed by atoms with van der Waals surface area (Å²) in [6.45, 7) is 0. The van der Waals surface area contributed by atoms with E-state index in [0.29, 0.717) is 10.7 Å². The maximum atomic E-state index is 12.2. The van der Waals surface area contributed by atoms with Gasteiger partial charge in [0.1, 0.15) is 0 Å². The molecule has 0 atom stereocenters. The molecule has 1 aromatic carbocycles. The number of para-hydroxylation sites is 1. The van der Waals surface area contributed by atoms with Gasteiger partial charge in [-0.15, -0.1) is 5.10 Å². The molecule has 1 aliphatic carbocycles. The molecule has 3 rings (SSSR count). The molecule has 1 heterocycles. The Morgan fingerprint density at radius 1 is 1.33 bits per heavy atom. The second-order valence-corrected chi connectivity index (χ2v) is 5.55. The number of rotatable bonds is 3. The topological polar surface area (TPSA) is 85.8 Å². The van der Waals surface area contributed by atoms with Gasteiger partial charge in [0.25, 0.3) is 5.91 Å². The van der Waals surface area contributed by atoms with Gasteiger partial charge in [-0.2, -0.15) is 4.68 Å². The van der Waals surface area contributed by atoms with E-state index >= 15 is 0 Å². The van der Waals surface area contributed by atoms with Gasteiger partial charge in [0, 0.05) is 6.04 Å². The van der Waals surface area contributed by atoms with E-state index in [1.807, 2.05) is 12.1 Å². The van der Waals surface area contributed by atoms with Gasteiger partial charge >= 0.3 is 0 Å². The number of carbonyl (C=O) groups excluding carboxylic acids is 1. The second-order valence-electron chi connectivity index (χ2n) is 5.14. The van der Waals surface area contributed by atoms with Crippen LogP contribution in [0.1, 0.15) is 36.2 Å². The number of amides is 1. The van der Waals surface area contributed by atoms with Crippen molar-refractivity contribution in [1.82, 2.24) is 20.3 Å². The summed E-state index contributed by atoms with van der Waals surface area (Å²) >= 11 is 6.11. The standard InChI is InChI=1S/C14H16ClN5O/c15-10-7-3-4-8-11(10)20-13(16)12(18-19-20)14(21)17-9-5-1-2-6-9/h3-4,7-9H,1-2,5-6,16H2,(H,17,21). The third-order valence-corrected chi connectivity index (χ3v) is 4.01. The highest BCUT2D eigenvalue weighted by atomic mass is 35.5. The number of nitrogens with zero attached hydrogens (tertiary/aromatic N) is 3. The second kappa shape index (κ2) is 5.73. The first-order valence-electron chi connectivity index (χ1n) is 6.94. The van der Waals surface area contributed by atoms with Gasteiger partial charge in [0.2, 0.25) is 0 Å². The lowest BCUT2D eigenvalue weighted by Gasteiger charge is -2.10. The molecule has 1 aliphatic rings. The van der Waals surface area contributed by atoms with Gasteiger partial charge in [-0.3, -0.25) is 4.79 Å². The monoisotopic (exact) mass is 305 g/mol. The Morgan fingerprint density at radius 3 is 2.76 bits per heavy atom. The third-order valence-electron chi connectivity index (χ3n) is 3.69. The van der Waals surface area contributed by atoms with Gasteiger partial charge < -0.3 is 11.1 Å². The van der Waals surface area contributed by atoms with Crippen molar-refractivity contribution in [2.24, 2.45) is 0 Å². The molecule has 0 aliphatic heterocycles. The number of nitrogens with one attached hydrogen (secondary N) is 1. The van der Waals surface area contributed by atoms with Crippen LogP contribution >= 0.6 is 11.6 Å². The summed E-state index contributed by atoms with van der Waals surface area (Å²) < 4.78 is 1.38. The SMILES string of the molecule is Nc1c(C(=O)NC2CCCC2)nnn1-c1ccccc1Cl. The maximum absolute atomic E-state index is 12.2. The van der Waals surface area contributed by atoms with Crippen LogP contribution in [0.25, 0.3) is 5.69 Å². The highest BCUT2D eigenvalue weighted by Crippen LogP contribution is 2.23. The summed E-state index contributed by atoms with van der Waals surface area (Å²) in [7, 11) is 0. The minimum atomic E-state index is -0.280. The highest BCUT2D eigenvalue weighted by molar-refractivity contribution is 6.32. The van der Waals surface area contributed by atoms with Crippen molar-refractivity contribution in [3.05, 3.63) is 35.0 Å². The molecular formula is C14H16ClN5O. The van der Waals surface area contributed by atoms with E-state index in [-0.39, 0.29) is 23.5 Å². The van der Waals surface area contributed by atoms with Crippen LogP contribution in [0.4, 0.5) is 5.82 Å². The first-order valence-corrected chi connectivity index (χ1v) is 7.31. The predicted octanol–water partition coefficient (Wildman–Crippen LogP) is 2.18. The fourth-order valence-corrected chi connectivity index (χ4v) is 2.79. The number of hydrogen-bond donors (Lipinski definition) is 2. The van der Waals surface area contributed by atoms with Gasteiger partial charge in [0.15, 0.2) is 11.5 Å². The van der Waals surface area contributed by atoms with E-state index < -0.39 is 0 Å². The Balaban J connectivity index is 1.85. The van der Waals surface area contributed by atoms with Gasteiger partial charge in [-0.05, 0) is 25.0 Å². The Morgan fingerprint density at radius 2 is 2.05 bits per heavy atom. The number of hydrogen-bond acceptors (Lipinski definition) is 4. The number of aromatic nitrogens is 3. The minimum absolute atomic E-state index is 0.141. The van der Waals surface area contributed by atoms with Crippen molar-refractivity contribution in [1.29, 1.82) is 0 Å². The number of nitrogen functional groups attached to an aromatic ring is 1. The number of nitrogens with two attached hydrogens (primary N) is 1. The quantitative estimate of drug-likeness (QED) is 0.910. The van der Waals surface area contributed by atoms with Crippen LogP contribution in [0, 0.1) is 0 Å². The third kappa shape index (κ3) is 2.71. The minimum Gasteiger partial charge on any atom is -0.382 e. The molecule has 6 nitrogen and oxygen atoms in total. The maximum Gasteiger partial charge on any atom is 0.275 e. The summed E-state index contributed by atoms with van der Waals surface area (Å²) in [5.74, 6) is -0.0868. The molecule has 0 radical (unpaired) electrons. The van der Waals surface area contributed by atoms with E-state index in [0.717, 1.165) is 25.7 Å². The number of carbonyl (C=O) groups is 1. The molecule has 1 aromatic heterocycles. The average molecular weight is 306 g/mol. The van der Waals surface area contributed by atoms with Crippen LogP contribution in [0.2, 0.25) is 5.02 Å². The van der Waals surface area contributed by atoms with Crippen molar-refractivity contribution in [3.8, 4) is 5.69 Å². The molecular weight excluding hydrogens is 290 g/mol. The molecule has 110 valence electrons. The zero-order valence-corrected chi connectivity index (χ0v) is 12.2. The van der Waals surface area contributed by atoms with Crippen molar-refractivity contribution in [2.75, 3.05) is 5.73 Å². The zero-order chi connectivity index (χ0) is 14.8. The summed E-state index contributed by atoms with van der Waals surface area (Å²) in [6, 6.07) is 7.35. The van der Waals surface area contributed by atoms with Crippen molar-refractivity contribution >= 4 is 23.3 Å². The van der Waals surface area contributed by atoms with E-state index in [9.17, 15) is 4.79 Å². The molecule has 3 N–H and O–H groups in total. The lowest BCUT2D eigenvalue weighted by atomic mass is 10.2. The van der Waals surface area contributed by atoms with Gasteiger partial charge in [-0.1, -0.05) is 41.8 Å². The Kier molecular flexibility index (Phi) is 3.79. The number of halogens is 1. The van der Waals surface area contributed by atoms with E-state index in [4.69, 9.17) is 17.3 Å². The van der Waals surface area contributed by atoms with E-state index in [1.165, 1.54) is 4.68 Å². The molecule has 21 heavy (non-hydrogen) atoms. The Hall–Kier alpha value is -2.08. The van der Waals surface area contributed by atoms with E-state index in [1.54, 1.807) is 12.1 Å². The molecule has 0 unspecified atom stereocenters. The summed E-state index contributed by atoms with van der Waals surface area (Å²) in [4.78, 5) is 12.2. The fourth-order valence-electron chi connectivity index (χ4n) is 2.58. The number of benzene rings is 1. The van der Waals surface area contributed by atoms with E-state index in [2.05, 4.69) is 15.6 Å². The summed E-state index contributed by atoms with van der Waals surface area (Å²) in [5.41, 5.74) is 6.74. The molecule has 1 amide bonds. The number of anilines is 1. The summed E-state index contributed by atoms with van der Waals surface area (Å²) in [5, 5.41) is 11.3. The summed E-state index contributed by atoms with van der Waals surface area (Å²) in [6.07, 6.45) is 4.30. The van der Waals surface area contributed by atoms with Crippen molar-refractivity contribution in [3.63, 3.8) is 0 Å². The zero-order valence-electron chi connectivity index (χ0n) is 11.4. The molecule has 1 saturated carbocycles. The van der Waals surface area contributed by atoms with Crippen molar-refractivity contribution < 1.29 is 4.79 Å². The van der Waals surface area contributed by atoms with Gasteiger partial charge in [-0.25, -0.2) is 0 Å². The lowest BCUT2D eigenvalue weighted by Crippen LogP contribution is -2.33. The van der Waals surface area contributed by atoms with Crippen LogP contribution in [-0.2, 0) is 0 Å². The lowest BCUT2D eigenvalue weighted by molar-refractivity contribution is 0.0933. The predicted molar refractivity (Wildman–Crippen MR) is 80.5 cm³/mol. The highest BCUT2D eigenvalue weighted by Gasteiger charge is 2.23. The van der Waals surface area contributed by atoms with Crippen molar-refractivity contribution in [2.45, 2.75) is 31.7 Å².